The van der Waals surface area contributed by atoms with Gasteiger partial charge in [-0.2, -0.15) is 8.78 Å². The van der Waals surface area contributed by atoms with Gasteiger partial charge < -0.3 is 9.32 Å². The van der Waals surface area contributed by atoms with E-state index in [1.165, 1.54) is 47.5 Å². The van der Waals surface area contributed by atoms with Gasteiger partial charge in [0, 0.05) is 50.1 Å². The Labute approximate surface area is 210 Å². The first-order chi connectivity index (χ1) is 17.6. The molecule has 37 heavy (non-hydrogen) atoms. The summed E-state index contributed by atoms with van der Waals surface area (Å²) in [7, 11) is 0. The van der Waals surface area contributed by atoms with Gasteiger partial charge in [0.05, 0.1) is 17.8 Å². The van der Waals surface area contributed by atoms with Crippen molar-refractivity contribution < 1.29 is 26.8 Å². The van der Waals surface area contributed by atoms with Crippen LogP contribution in [0.25, 0.3) is 11.5 Å². The van der Waals surface area contributed by atoms with E-state index in [1.54, 1.807) is 0 Å². The maximum Gasteiger partial charge on any atom is 0.314 e. The molecular formula is C25H26F4N6O2. The van der Waals surface area contributed by atoms with Crippen molar-refractivity contribution in [3.8, 4) is 11.5 Å². The summed E-state index contributed by atoms with van der Waals surface area (Å²) in [6.07, 6.45) is -1.56. The van der Waals surface area contributed by atoms with Crippen molar-refractivity contribution in [1.29, 1.82) is 0 Å². The number of benzene rings is 1. The Bertz CT molecular complexity index is 1260. The van der Waals surface area contributed by atoms with Crippen LogP contribution in [-0.2, 0) is 11.3 Å². The molecule has 4 heterocycles. The number of hydrogen-bond donors (Lipinski definition) is 0. The van der Waals surface area contributed by atoms with Gasteiger partial charge >= 0.3 is 6.43 Å². The number of amides is 1. The van der Waals surface area contributed by atoms with E-state index in [0.717, 1.165) is 13.1 Å². The van der Waals surface area contributed by atoms with Crippen molar-refractivity contribution in [3.05, 3.63) is 60.0 Å². The highest BCUT2D eigenvalue weighted by atomic mass is 19.3. The first kappa shape index (κ1) is 25.3. The number of alkyl halides is 3. The van der Waals surface area contributed by atoms with Crippen molar-refractivity contribution in [3.63, 3.8) is 0 Å². The zero-order valence-corrected chi connectivity index (χ0v) is 20.3. The number of carbonyl (C=O) groups excluding carboxylic acids is 1. The molecule has 2 saturated heterocycles. The fourth-order valence-corrected chi connectivity index (χ4v) is 4.54. The zero-order valence-electron chi connectivity index (χ0n) is 20.3. The standard InChI is InChI=1S/C25H26F4N6O2/c1-15(2)33-11-20(12-33)34-13-25(29,14-34)24(36)35(19-5-3-4-17(26)8-19)10-18-7-6-16(9-30-18)22-31-32-23(37-22)21(27)28/h3-9,15,20-21H,10-14H2,1-2H3. The second kappa shape index (κ2) is 9.82. The van der Waals surface area contributed by atoms with Gasteiger partial charge in [0.2, 0.25) is 11.6 Å². The average Bonchev–Trinajstić information content (AvgIpc) is 3.31. The summed E-state index contributed by atoms with van der Waals surface area (Å²) < 4.78 is 60.2. The molecule has 1 amide bonds. The Hall–Kier alpha value is -3.38. The maximum atomic E-state index is 15.8. The van der Waals surface area contributed by atoms with E-state index in [1.807, 2.05) is 4.90 Å². The predicted molar refractivity (Wildman–Crippen MR) is 126 cm³/mol. The number of aromatic nitrogens is 3. The van der Waals surface area contributed by atoms with Crippen LogP contribution in [0.3, 0.4) is 0 Å². The summed E-state index contributed by atoms with van der Waals surface area (Å²) in [5, 5.41) is 6.87. The van der Waals surface area contributed by atoms with Crippen molar-refractivity contribution in [2.24, 2.45) is 0 Å². The molecule has 2 aliphatic rings. The Morgan fingerprint density at radius 3 is 2.54 bits per heavy atom. The molecule has 0 unspecified atom stereocenters. The molecule has 196 valence electrons. The highest BCUT2D eigenvalue weighted by Gasteiger charge is 2.55. The van der Waals surface area contributed by atoms with E-state index in [2.05, 4.69) is 33.9 Å². The summed E-state index contributed by atoms with van der Waals surface area (Å²) in [4.78, 5) is 23.1. The van der Waals surface area contributed by atoms with Gasteiger partial charge in [-0.1, -0.05) is 6.07 Å². The number of halogens is 4. The Morgan fingerprint density at radius 2 is 1.95 bits per heavy atom. The highest BCUT2D eigenvalue weighted by Crippen LogP contribution is 2.35. The molecule has 0 saturated carbocycles. The van der Waals surface area contributed by atoms with Gasteiger partial charge in [-0.05, 0) is 44.2 Å². The maximum absolute atomic E-state index is 15.8. The number of likely N-dealkylation sites (tertiary alicyclic amines) is 2. The summed E-state index contributed by atoms with van der Waals surface area (Å²) >= 11 is 0. The van der Waals surface area contributed by atoms with E-state index in [0.29, 0.717) is 17.3 Å². The van der Waals surface area contributed by atoms with Crippen molar-refractivity contribution in [2.75, 3.05) is 31.1 Å². The Morgan fingerprint density at radius 1 is 1.19 bits per heavy atom. The summed E-state index contributed by atoms with van der Waals surface area (Å²) in [6, 6.07) is 9.08. The molecule has 0 radical (unpaired) electrons. The van der Waals surface area contributed by atoms with Gasteiger partial charge in [-0.25, -0.2) is 8.78 Å². The van der Waals surface area contributed by atoms with Crippen LogP contribution < -0.4 is 4.90 Å². The lowest BCUT2D eigenvalue weighted by molar-refractivity contribution is -0.151. The number of nitrogens with zero attached hydrogens (tertiary/aromatic N) is 6. The third-order valence-electron chi connectivity index (χ3n) is 6.81. The quantitative estimate of drug-likeness (QED) is 0.419. The predicted octanol–water partition coefficient (Wildman–Crippen LogP) is 3.86. The van der Waals surface area contributed by atoms with Gasteiger partial charge in [0.1, 0.15) is 5.82 Å². The molecule has 12 heteroatoms. The topological polar surface area (TPSA) is 78.6 Å². The van der Waals surface area contributed by atoms with Crippen LogP contribution in [0.5, 0.6) is 0 Å². The third kappa shape index (κ3) is 5.08. The third-order valence-corrected chi connectivity index (χ3v) is 6.81. The van der Waals surface area contributed by atoms with E-state index < -0.39 is 29.7 Å². The van der Waals surface area contributed by atoms with Crippen LogP contribution in [0.4, 0.5) is 23.2 Å². The smallest absolute Gasteiger partial charge is 0.314 e. The largest absolute Gasteiger partial charge is 0.415 e. The van der Waals surface area contributed by atoms with Crippen LogP contribution in [-0.4, -0.2) is 74.8 Å². The van der Waals surface area contributed by atoms with E-state index in [9.17, 15) is 18.0 Å². The average molecular weight is 519 g/mol. The fraction of sp³-hybridized carbons (Fsp3) is 0.440. The van der Waals surface area contributed by atoms with Crippen LogP contribution in [0.1, 0.15) is 31.9 Å². The molecule has 2 aromatic heterocycles. The minimum Gasteiger partial charge on any atom is -0.415 e. The van der Waals surface area contributed by atoms with Gasteiger partial charge in [-0.3, -0.25) is 19.6 Å². The first-order valence-corrected chi connectivity index (χ1v) is 11.9. The Kier molecular flexibility index (Phi) is 6.71. The SMILES string of the molecule is CC(C)N1CC(N2CC(F)(C(=O)N(Cc3ccc(-c4nnc(C(F)F)o4)cn3)c3cccc(F)c3)C2)C1. The number of hydrogen-bond acceptors (Lipinski definition) is 7. The molecular weight excluding hydrogens is 492 g/mol. The van der Waals surface area contributed by atoms with Crippen molar-refractivity contribution in [2.45, 2.75) is 44.6 Å². The lowest BCUT2D eigenvalue weighted by Gasteiger charge is -2.55. The monoisotopic (exact) mass is 518 g/mol. The summed E-state index contributed by atoms with van der Waals surface area (Å²) in [5.74, 6) is -2.25. The molecule has 1 aromatic carbocycles. The van der Waals surface area contributed by atoms with Gasteiger partial charge in [0.15, 0.2) is 0 Å². The molecule has 0 atom stereocenters. The second-order valence-corrected chi connectivity index (χ2v) is 9.73. The van der Waals surface area contributed by atoms with Crippen molar-refractivity contribution in [1.82, 2.24) is 25.0 Å². The highest BCUT2D eigenvalue weighted by molar-refractivity contribution is 6.00. The number of anilines is 1. The lowest BCUT2D eigenvalue weighted by Crippen LogP contribution is -2.74. The minimum atomic E-state index is -2.90. The fourth-order valence-electron chi connectivity index (χ4n) is 4.54. The number of rotatable bonds is 8. The molecule has 0 spiro atoms. The summed E-state index contributed by atoms with van der Waals surface area (Å²) in [5.41, 5.74) is -1.21. The van der Waals surface area contributed by atoms with E-state index in [4.69, 9.17) is 4.42 Å². The van der Waals surface area contributed by atoms with E-state index >= 15 is 4.39 Å². The van der Waals surface area contributed by atoms with Crippen LogP contribution >= 0.6 is 0 Å². The van der Waals surface area contributed by atoms with Crippen LogP contribution in [0, 0.1) is 5.82 Å². The van der Waals surface area contributed by atoms with Gasteiger partial charge in [0.25, 0.3) is 11.8 Å². The normalized spacial score (nSPS) is 18.2. The van der Waals surface area contributed by atoms with E-state index in [-0.39, 0.29) is 37.3 Å². The number of carbonyl (C=O) groups is 1. The molecule has 0 aliphatic carbocycles. The molecule has 8 nitrogen and oxygen atoms in total. The summed E-state index contributed by atoms with van der Waals surface area (Å²) in [6.45, 7) is 5.72. The number of pyridine rings is 1. The van der Waals surface area contributed by atoms with Crippen LogP contribution in [0.15, 0.2) is 47.0 Å². The molecule has 0 bridgehead atoms. The Balaban J connectivity index is 1.31. The zero-order chi connectivity index (χ0) is 26.3. The molecule has 2 aliphatic heterocycles. The minimum absolute atomic E-state index is 0.0236. The molecule has 0 N–H and O–H groups in total. The van der Waals surface area contributed by atoms with Crippen LogP contribution in [0.2, 0.25) is 0 Å². The first-order valence-electron chi connectivity index (χ1n) is 11.9. The second-order valence-electron chi connectivity index (χ2n) is 9.73. The van der Waals surface area contributed by atoms with Gasteiger partial charge in [-0.15, -0.1) is 10.2 Å². The van der Waals surface area contributed by atoms with Crippen molar-refractivity contribution >= 4 is 11.6 Å². The molecule has 3 aromatic rings. The molecule has 5 rings (SSSR count). The molecule has 2 fully saturated rings. The lowest BCUT2D eigenvalue weighted by atomic mass is 9.89.